The summed E-state index contributed by atoms with van der Waals surface area (Å²) in [6.07, 6.45) is 2.25. The van der Waals surface area contributed by atoms with Crippen molar-refractivity contribution in [2.75, 3.05) is 17.4 Å². The van der Waals surface area contributed by atoms with E-state index in [1.54, 1.807) is 49.4 Å². The van der Waals surface area contributed by atoms with Gasteiger partial charge in [-0.25, -0.2) is 12.8 Å². The maximum atomic E-state index is 13.9. The summed E-state index contributed by atoms with van der Waals surface area (Å²) in [6, 6.07) is 19.8. The molecule has 39 heavy (non-hydrogen) atoms. The fourth-order valence-electron chi connectivity index (χ4n) is 4.19. The van der Waals surface area contributed by atoms with Crippen LogP contribution in [0.25, 0.3) is 0 Å². The van der Waals surface area contributed by atoms with Gasteiger partial charge in [0.05, 0.1) is 10.6 Å². The Labute approximate surface area is 230 Å². The first kappa shape index (κ1) is 29.8. The smallest absolute Gasteiger partial charge is 0.264 e. The number of benzene rings is 3. The van der Waals surface area contributed by atoms with E-state index in [9.17, 15) is 22.4 Å². The normalized spacial score (nSPS) is 12.0. The number of unbranched alkanes of at least 4 members (excludes halogenated alkanes) is 1. The van der Waals surface area contributed by atoms with E-state index in [4.69, 9.17) is 0 Å². The zero-order valence-corrected chi connectivity index (χ0v) is 23.5. The summed E-state index contributed by atoms with van der Waals surface area (Å²) in [5, 5.41) is 2.85. The van der Waals surface area contributed by atoms with Gasteiger partial charge in [0.25, 0.3) is 10.0 Å². The monoisotopic (exact) mass is 553 g/mol. The fourth-order valence-corrected chi connectivity index (χ4v) is 5.66. The van der Waals surface area contributed by atoms with Crippen LogP contribution in [0.15, 0.2) is 83.8 Å². The van der Waals surface area contributed by atoms with Gasteiger partial charge in [0.2, 0.25) is 11.8 Å². The summed E-state index contributed by atoms with van der Waals surface area (Å²) in [4.78, 5) is 28.3. The Morgan fingerprint density at radius 3 is 2.21 bits per heavy atom. The molecule has 0 aliphatic rings. The van der Waals surface area contributed by atoms with Crippen molar-refractivity contribution in [3.05, 3.63) is 95.8 Å². The molecule has 1 atom stereocenters. The minimum Gasteiger partial charge on any atom is -0.354 e. The number of anilines is 1. The number of para-hydroxylation sites is 1. The summed E-state index contributed by atoms with van der Waals surface area (Å²) in [5.41, 5.74) is 1.78. The molecule has 0 heterocycles. The van der Waals surface area contributed by atoms with E-state index in [2.05, 4.69) is 5.32 Å². The summed E-state index contributed by atoms with van der Waals surface area (Å²) in [6.45, 7) is 5.50. The van der Waals surface area contributed by atoms with Crippen LogP contribution in [0.3, 0.4) is 0 Å². The van der Waals surface area contributed by atoms with Crippen LogP contribution in [0.2, 0.25) is 0 Å². The predicted octanol–water partition coefficient (Wildman–Crippen LogP) is 4.92. The van der Waals surface area contributed by atoms with E-state index < -0.39 is 34.3 Å². The quantitative estimate of drug-likeness (QED) is 0.305. The molecule has 0 bridgehead atoms. The minimum atomic E-state index is -4.12. The predicted molar refractivity (Wildman–Crippen MR) is 151 cm³/mol. The third kappa shape index (κ3) is 7.66. The van der Waals surface area contributed by atoms with Crippen LogP contribution in [-0.2, 0) is 32.6 Å². The molecule has 3 aromatic carbocycles. The molecule has 0 aliphatic heterocycles. The Morgan fingerprint density at radius 2 is 1.56 bits per heavy atom. The van der Waals surface area contributed by atoms with Crippen LogP contribution in [-0.4, -0.2) is 44.3 Å². The number of nitrogens with one attached hydrogen (secondary N) is 1. The molecule has 0 saturated heterocycles. The largest absolute Gasteiger partial charge is 0.354 e. The number of nitrogens with zero attached hydrogens (tertiary/aromatic N) is 2. The maximum absolute atomic E-state index is 13.9. The summed E-state index contributed by atoms with van der Waals surface area (Å²) in [7, 11) is -4.12. The van der Waals surface area contributed by atoms with Gasteiger partial charge in [0.1, 0.15) is 18.4 Å². The zero-order valence-electron chi connectivity index (χ0n) is 22.6. The number of sulfonamides is 1. The SMILES string of the molecule is CCCCNC(=O)[C@@H](C)N(Cc1ccc(F)cc1)C(=O)CN(c1ccccc1CC)S(=O)(=O)c1ccccc1. The molecule has 7 nitrogen and oxygen atoms in total. The van der Waals surface area contributed by atoms with E-state index >= 15 is 0 Å². The van der Waals surface area contributed by atoms with Crippen LogP contribution >= 0.6 is 0 Å². The van der Waals surface area contributed by atoms with Gasteiger partial charge in [-0.05, 0) is 61.2 Å². The van der Waals surface area contributed by atoms with E-state index in [-0.39, 0.29) is 17.3 Å². The third-order valence-electron chi connectivity index (χ3n) is 6.51. The number of amides is 2. The van der Waals surface area contributed by atoms with E-state index in [1.807, 2.05) is 26.0 Å². The fraction of sp³-hybridized carbons (Fsp3) is 0.333. The zero-order chi connectivity index (χ0) is 28.4. The highest BCUT2D eigenvalue weighted by Gasteiger charge is 2.33. The molecular weight excluding hydrogens is 517 g/mol. The van der Waals surface area contributed by atoms with Gasteiger partial charge in [-0.3, -0.25) is 13.9 Å². The number of hydrogen-bond donors (Lipinski definition) is 1. The lowest BCUT2D eigenvalue weighted by molar-refractivity contribution is -0.139. The van der Waals surface area contributed by atoms with Gasteiger partial charge in [0, 0.05) is 13.1 Å². The van der Waals surface area contributed by atoms with Crippen molar-refractivity contribution < 1.29 is 22.4 Å². The Balaban J connectivity index is 2.02. The van der Waals surface area contributed by atoms with Crippen LogP contribution in [0, 0.1) is 5.82 Å². The van der Waals surface area contributed by atoms with Crippen LogP contribution in [0.1, 0.15) is 44.7 Å². The lowest BCUT2D eigenvalue weighted by atomic mass is 10.1. The standard InChI is InChI=1S/C30H36FN3O4S/c1-4-6-20-32-30(36)23(3)33(21-24-16-18-26(31)19-17-24)29(35)22-34(28-15-11-10-12-25(28)5-2)39(37,38)27-13-8-7-9-14-27/h7-19,23H,4-6,20-22H2,1-3H3,(H,32,36)/t23-/m1/s1. The lowest BCUT2D eigenvalue weighted by Gasteiger charge is -2.32. The molecule has 1 N–H and O–H groups in total. The second kappa shape index (κ2) is 13.9. The topological polar surface area (TPSA) is 86.8 Å². The number of aryl methyl sites for hydroxylation is 1. The van der Waals surface area contributed by atoms with Crippen molar-refractivity contribution in [1.82, 2.24) is 10.2 Å². The second-order valence-electron chi connectivity index (χ2n) is 9.28. The van der Waals surface area contributed by atoms with Crippen molar-refractivity contribution in [3.63, 3.8) is 0 Å². The number of carbonyl (C=O) groups excluding carboxylic acids is 2. The van der Waals surface area contributed by atoms with E-state index in [0.717, 1.165) is 22.7 Å². The molecular formula is C30H36FN3O4S. The first-order valence-electron chi connectivity index (χ1n) is 13.2. The molecule has 0 unspecified atom stereocenters. The molecule has 3 aromatic rings. The summed E-state index contributed by atoms with van der Waals surface area (Å²) >= 11 is 0. The van der Waals surface area contributed by atoms with Gasteiger partial charge >= 0.3 is 0 Å². The Bertz CT molecular complexity index is 1350. The maximum Gasteiger partial charge on any atom is 0.264 e. The van der Waals surface area contributed by atoms with Gasteiger partial charge < -0.3 is 10.2 Å². The highest BCUT2D eigenvalue weighted by molar-refractivity contribution is 7.92. The molecule has 0 aromatic heterocycles. The highest BCUT2D eigenvalue weighted by atomic mass is 32.2. The third-order valence-corrected chi connectivity index (χ3v) is 8.29. The Morgan fingerprint density at radius 1 is 0.923 bits per heavy atom. The van der Waals surface area contributed by atoms with E-state index in [1.165, 1.54) is 29.2 Å². The number of halogens is 1. The molecule has 0 radical (unpaired) electrons. The van der Waals surface area contributed by atoms with Gasteiger partial charge in [0.15, 0.2) is 0 Å². The first-order chi connectivity index (χ1) is 18.7. The van der Waals surface area contributed by atoms with Crippen molar-refractivity contribution in [2.45, 2.75) is 57.5 Å². The molecule has 0 aliphatic carbocycles. The number of hydrogen-bond acceptors (Lipinski definition) is 4. The summed E-state index contributed by atoms with van der Waals surface area (Å²) in [5.74, 6) is -1.31. The van der Waals surface area contributed by atoms with Crippen molar-refractivity contribution in [2.24, 2.45) is 0 Å². The lowest BCUT2D eigenvalue weighted by Crippen LogP contribution is -2.51. The van der Waals surface area contributed by atoms with Crippen molar-refractivity contribution in [3.8, 4) is 0 Å². The molecule has 9 heteroatoms. The van der Waals surface area contributed by atoms with Gasteiger partial charge in [-0.15, -0.1) is 0 Å². The van der Waals surface area contributed by atoms with Gasteiger partial charge in [-0.2, -0.15) is 0 Å². The molecule has 0 spiro atoms. The average molecular weight is 554 g/mol. The Hall–Kier alpha value is -3.72. The highest BCUT2D eigenvalue weighted by Crippen LogP contribution is 2.28. The average Bonchev–Trinajstić information content (AvgIpc) is 2.95. The number of rotatable bonds is 13. The van der Waals surface area contributed by atoms with Crippen LogP contribution < -0.4 is 9.62 Å². The van der Waals surface area contributed by atoms with Crippen LogP contribution in [0.5, 0.6) is 0 Å². The first-order valence-corrected chi connectivity index (χ1v) is 14.6. The summed E-state index contributed by atoms with van der Waals surface area (Å²) < 4.78 is 42.4. The van der Waals surface area contributed by atoms with Crippen molar-refractivity contribution >= 4 is 27.5 Å². The second-order valence-corrected chi connectivity index (χ2v) is 11.1. The van der Waals surface area contributed by atoms with E-state index in [0.29, 0.717) is 24.2 Å². The van der Waals surface area contributed by atoms with Gasteiger partial charge in [-0.1, -0.05) is 68.8 Å². The molecule has 208 valence electrons. The minimum absolute atomic E-state index is 0.0100. The number of carbonyl (C=O) groups is 2. The molecule has 0 saturated carbocycles. The molecule has 0 fully saturated rings. The van der Waals surface area contributed by atoms with Crippen molar-refractivity contribution in [1.29, 1.82) is 0 Å². The van der Waals surface area contributed by atoms with Crippen LogP contribution in [0.4, 0.5) is 10.1 Å². The Kier molecular flexibility index (Phi) is 10.6. The molecule has 2 amide bonds. The molecule has 3 rings (SSSR count).